The third-order valence-corrected chi connectivity index (χ3v) is 3.45. The zero-order valence-corrected chi connectivity index (χ0v) is 12.3. The molecule has 2 aromatic carbocycles. The van der Waals surface area contributed by atoms with Crippen LogP contribution < -0.4 is 4.74 Å². The molecule has 2 nitrogen and oxygen atoms in total. The maximum atomic E-state index is 6.01. The summed E-state index contributed by atoms with van der Waals surface area (Å²) in [6.07, 6.45) is 4.00. The van der Waals surface area contributed by atoms with Crippen molar-refractivity contribution in [2.24, 2.45) is 0 Å². The van der Waals surface area contributed by atoms with Gasteiger partial charge in [0.1, 0.15) is 5.75 Å². The number of methoxy groups -OCH3 is 1. The van der Waals surface area contributed by atoms with Gasteiger partial charge in [-0.3, -0.25) is 0 Å². The van der Waals surface area contributed by atoms with Gasteiger partial charge in [0.15, 0.2) is 0 Å². The fraction of sp³-hybridized carbons (Fsp3) is 0.0556. The Hall–Kier alpha value is -2.32. The summed E-state index contributed by atoms with van der Waals surface area (Å²) in [5.41, 5.74) is 2.87. The van der Waals surface area contributed by atoms with Crippen molar-refractivity contribution in [3.05, 3.63) is 70.9 Å². The van der Waals surface area contributed by atoms with E-state index < -0.39 is 0 Å². The SMILES string of the molecule is COc1cccc(C=Cc2ccc3ccc(Cl)cc3n2)c1. The number of pyridine rings is 1. The molecule has 0 atom stereocenters. The third kappa shape index (κ3) is 3.23. The molecule has 0 saturated carbocycles. The van der Waals surface area contributed by atoms with E-state index in [2.05, 4.69) is 4.98 Å². The topological polar surface area (TPSA) is 22.1 Å². The van der Waals surface area contributed by atoms with E-state index in [1.165, 1.54) is 0 Å². The normalized spacial score (nSPS) is 11.1. The Morgan fingerprint density at radius 2 is 1.86 bits per heavy atom. The van der Waals surface area contributed by atoms with E-state index in [0.29, 0.717) is 5.02 Å². The largest absolute Gasteiger partial charge is 0.497 e. The maximum absolute atomic E-state index is 6.01. The number of fused-ring (bicyclic) bond motifs is 1. The highest BCUT2D eigenvalue weighted by molar-refractivity contribution is 6.31. The lowest BCUT2D eigenvalue weighted by Gasteiger charge is -2.01. The predicted molar refractivity (Wildman–Crippen MR) is 88.7 cm³/mol. The van der Waals surface area contributed by atoms with Crippen LogP contribution in [0.2, 0.25) is 5.02 Å². The molecule has 0 aliphatic carbocycles. The average Bonchev–Trinajstić information content (AvgIpc) is 2.52. The van der Waals surface area contributed by atoms with Crippen molar-refractivity contribution in [2.75, 3.05) is 7.11 Å². The molecule has 0 saturated heterocycles. The number of rotatable bonds is 3. The molecule has 0 spiro atoms. The number of halogens is 1. The Balaban J connectivity index is 1.91. The summed E-state index contributed by atoms with van der Waals surface area (Å²) in [5, 5.41) is 1.78. The first kappa shape index (κ1) is 13.7. The molecule has 0 bridgehead atoms. The molecule has 0 amide bonds. The van der Waals surface area contributed by atoms with Gasteiger partial charge in [-0.1, -0.05) is 41.9 Å². The monoisotopic (exact) mass is 295 g/mol. The Kier molecular flexibility index (Phi) is 3.89. The molecular weight excluding hydrogens is 282 g/mol. The number of nitrogens with zero attached hydrogens (tertiary/aromatic N) is 1. The van der Waals surface area contributed by atoms with Gasteiger partial charge in [-0.05, 0) is 42.0 Å². The molecule has 21 heavy (non-hydrogen) atoms. The summed E-state index contributed by atoms with van der Waals surface area (Å²) >= 11 is 6.01. The van der Waals surface area contributed by atoms with Crippen molar-refractivity contribution >= 4 is 34.7 Å². The summed E-state index contributed by atoms with van der Waals surface area (Å²) in [6, 6.07) is 17.7. The highest BCUT2D eigenvalue weighted by Gasteiger charge is 1.98. The number of ether oxygens (including phenoxy) is 1. The fourth-order valence-electron chi connectivity index (χ4n) is 2.13. The minimum absolute atomic E-state index is 0.698. The summed E-state index contributed by atoms with van der Waals surface area (Å²) < 4.78 is 5.21. The third-order valence-electron chi connectivity index (χ3n) is 3.22. The van der Waals surface area contributed by atoms with E-state index in [4.69, 9.17) is 16.3 Å². The smallest absolute Gasteiger partial charge is 0.119 e. The Labute approximate surface area is 128 Å². The van der Waals surface area contributed by atoms with E-state index in [9.17, 15) is 0 Å². The van der Waals surface area contributed by atoms with Gasteiger partial charge >= 0.3 is 0 Å². The Morgan fingerprint density at radius 1 is 1.00 bits per heavy atom. The Morgan fingerprint density at radius 3 is 2.71 bits per heavy atom. The first-order chi connectivity index (χ1) is 10.2. The predicted octanol–water partition coefficient (Wildman–Crippen LogP) is 5.07. The highest BCUT2D eigenvalue weighted by Crippen LogP contribution is 2.19. The van der Waals surface area contributed by atoms with Crippen molar-refractivity contribution in [1.82, 2.24) is 4.98 Å². The zero-order valence-electron chi connectivity index (χ0n) is 11.6. The molecule has 3 heteroatoms. The van der Waals surface area contributed by atoms with Crippen LogP contribution in [0.25, 0.3) is 23.1 Å². The second-order valence-corrected chi connectivity index (χ2v) is 5.12. The van der Waals surface area contributed by atoms with Crippen LogP contribution in [0, 0.1) is 0 Å². The minimum atomic E-state index is 0.698. The minimum Gasteiger partial charge on any atom is -0.497 e. The summed E-state index contributed by atoms with van der Waals surface area (Å²) in [6.45, 7) is 0. The van der Waals surface area contributed by atoms with E-state index in [1.54, 1.807) is 7.11 Å². The van der Waals surface area contributed by atoms with Crippen LogP contribution in [-0.2, 0) is 0 Å². The standard InChI is InChI=1S/C18H14ClNO/c1-21-17-4-2-3-13(11-17)5-9-16-10-7-14-6-8-15(19)12-18(14)20-16/h2-12H,1H3. The molecule has 0 radical (unpaired) electrons. The first-order valence-corrected chi connectivity index (χ1v) is 7.01. The van der Waals surface area contributed by atoms with Gasteiger partial charge < -0.3 is 4.74 Å². The van der Waals surface area contributed by atoms with Gasteiger partial charge in [0.25, 0.3) is 0 Å². The number of hydrogen-bond donors (Lipinski definition) is 0. The van der Waals surface area contributed by atoms with Gasteiger partial charge in [-0.25, -0.2) is 4.98 Å². The summed E-state index contributed by atoms with van der Waals surface area (Å²) in [5.74, 6) is 0.843. The van der Waals surface area contributed by atoms with Crippen molar-refractivity contribution in [1.29, 1.82) is 0 Å². The van der Waals surface area contributed by atoms with Gasteiger partial charge in [0, 0.05) is 10.4 Å². The van der Waals surface area contributed by atoms with Gasteiger partial charge in [-0.15, -0.1) is 0 Å². The molecule has 0 fully saturated rings. The first-order valence-electron chi connectivity index (χ1n) is 6.63. The van der Waals surface area contributed by atoms with E-state index in [-0.39, 0.29) is 0 Å². The van der Waals surface area contributed by atoms with Gasteiger partial charge in [0.05, 0.1) is 18.3 Å². The van der Waals surface area contributed by atoms with E-state index in [0.717, 1.165) is 27.9 Å². The molecule has 0 aliphatic heterocycles. The van der Waals surface area contributed by atoms with Crippen molar-refractivity contribution < 1.29 is 4.74 Å². The van der Waals surface area contributed by atoms with Crippen LogP contribution in [0.15, 0.2) is 54.6 Å². The van der Waals surface area contributed by atoms with Crippen molar-refractivity contribution in [2.45, 2.75) is 0 Å². The van der Waals surface area contributed by atoms with E-state index >= 15 is 0 Å². The Bertz CT molecular complexity index is 811. The molecule has 104 valence electrons. The summed E-state index contributed by atoms with van der Waals surface area (Å²) in [7, 11) is 1.66. The van der Waals surface area contributed by atoms with Crippen LogP contribution in [-0.4, -0.2) is 12.1 Å². The molecule has 3 aromatic rings. The highest BCUT2D eigenvalue weighted by atomic mass is 35.5. The molecule has 0 N–H and O–H groups in total. The summed E-state index contributed by atoms with van der Waals surface area (Å²) in [4.78, 5) is 4.59. The van der Waals surface area contributed by atoms with Gasteiger partial charge in [-0.2, -0.15) is 0 Å². The second-order valence-electron chi connectivity index (χ2n) is 4.68. The van der Waals surface area contributed by atoms with Crippen LogP contribution in [0.5, 0.6) is 5.75 Å². The maximum Gasteiger partial charge on any atom is 0.119 e. The molecule has 1 aromatic heterocycles. The van der Waals surface area contributed by atoms with Crippen LogP contribution in [0.1, 0.15) is 11.3 Å². The second kappa shape index (κ2) is 5.98. The number of aromatic nitrogens is 1. The molecule has 0 aliphatic rings. The number of benzene rings is 2. The lowest BCUT2D eigenvalue weighted by Crippen LogP contribution is -1.84. The van der Waals surface area contributed by atoms with E-state index in [1.807, 2.05) is 66.7 Å². The lowest BCUT2D eigenvalue weighted by molar-refractivity contribution is 0.414. The molecule has 3 rings (SSSR count). The molecule has 1 heterocycles. The van der Waals surface area contributed by atoms with Crippen LogP contribution >= 0.6 is 11.6 Å². The van der Waals surface area contributed by atoms with Crippen LogP contribution in [0.3, 0.4) is 0 Å². The molecule has 0 unspecified atom stereocenters. The lowest BCUT2D eigenvalue weighted by atomic mass is 10.1. The van der Waals surface area contributed by atoms with Crippen LogP contribution in [0.4, 0.5) is 0 Å². The van der Waals surface area contributed by atoms with Gasteiger partial charge in [0.2, 0.25) is 0 Å². The van der Waals surface area contributed by atoms with Crippen molar-refractivity contribution in [3.63, 3.8) is 0 Å². The quantitative estimate of drug-likeness (QED) is 0.673. The van der Waals surface area contributed by atoms with Crippen molar-refractivity contribution in [3.8, 4) is 5.75 Å². The zero-order chi connectivity index (χ0) is 14.7. The molecular formula is C18H14ClNO. The average molecular weight is 296 g/mol. The fourth-order valence-corrected chi connectivity index (χ4v) is 2.29. The number of hydrogen-bond acceptors (Lipinski definition) is 2.